The number of rotatable bonds is 6. The van der Waals surface area contributed by atoms with Crippen LogP contribution in [-0.2, 0) is 6.42 Å². The molecule has 1 saturated heterocycles. The number of halogens is 1. The van der Waals surface area contributed by atoms with E-state index in [9.17, 15) is 0 Å². The van der Waals surface area contributed by atoms with Crippen LogP contribution >= 0.6 is 23.8 Å². The van der Waals surface area contributed by atoms with Gasteiger partial charge >= 0.3 is 0 Å². The molecule has 3 heterocycles. The molecule has 5 nitrogen and oxygen atoms in total. The molecule has 1 fully saturated rings. The number of aryl methyl sites for hydroxylation is 2. The van der Waals surface area contributed by atoms with Gasteiger partial charge in [0, 0.05) is 29.0 Å². The molecule has 0 amide bonds. The van der Waals surface area contributed by atoms with Gasteiger partial charge < -0.3 is 19.5 Å². The zero-order valence-corrected chi connectivity index (χ0v) is 22.4. The molecule has 0 spiro atoms. The van der Waals surface area contributed by atoms with E-state index in [-0.39, 0.29) is 12.1 Å². The lowest BCUT2D eigenvalue weighted by molar-refractivity contribution is 0.415. The molecular weight excluding hydrogens is 488 g/mol. The molecule has 0 radical (unpaired) electrons. The second kappa shape index (κ2) is 9.96. The van der Waals surface area contributed by atoms with Gasteiger partial charge in [0.1, 0.15) is 5.75 Å². The smallest absolute Gasteiger partial charge is 0.174 e. The number of benzene rings is 2. The zero-order chi connectivity index (χ0) is 25.4. The quantitative estimate of drug-likeness (QED) is 0.283. The zero-order valence-electron chi connectivity index (χ0n) is 20.8. The lowest BCUT2D eigenvalue weighted by atomic mass is 9.96. The number of pyridine rings is 1. The molecule has 36 heavy (non-hydrogen) atoms. The van der Waals surface area contributed by atoms with Crippen molar-refractivity contribution >= 4 is 34.6 Å². The first-order chi connectivity index (χ1) is 17.4. The van der Waals surface area contributed by atoms with Crippen molar-refractivity contribution in [3.63, 3.8) is 0 Å². The third-order valence-electron chi connectivity index (χ3n) is 6.90. The highest BCUT2D eigenvalue weighted by molar-refractivity contribution is 7.80. The third-order valence-corrected chi connectivity index (χ3v) is 7.51. The summed E-state index contributed by atoms with van der Waals surface area (Å²) in [5.41, 5.74) is 7.82. The van der Waals surface area contributed by atoms with Crippen LogP contribution in [0.1, 0.15) is 47.2 Å². The molecule has 184 valence electrons. The van der Waals surface area contributed by atoms with Crippen molar-refractivity contribution in [2.45, 2.75) is 39.3 Å². The molecular formula is C29H29ClN4OS. The molecule has 2 atom stereocenters. The minimum Gasteiger partial charge on any atom is -0.495 e. The van der Waals surface area contributed by atoms with Crippen molar-refractivity contribution < 1.29 is 4.74 Å². The van der Waals surface area contributed by atoms with Crippen LogP contribution in [0.25, 0.3) is 5.69 Å². The molecule has 2 aromatic heterocycles. The van der Waals surface area contributed by atoms with Crippen molar-refractivity contribution in [2.75, 3.05) is 12.0 Å². The summed E-state index contributed by atoms with van der Waals surface area (Å²) in [6.07, 6.45) is 2.84. The van der Waals surface area contributed by atoms with Gasteiger partial charge in [0.15, 0.2) is 5.11 Å². The lowest BCUT2D eigenvalue weighted by Crippen LogP contribution is -2.29. The van der Waals surface area contributed by atoms with Gasteiger partial charge in [-0.3, -0.25) is 4.98 Å². The molecule has 0 bridgehead atoms. The first-order valence-corrected chi connectivity index (χ1v) is 12.8. The van der Waals surface area contributed by atoms with E-state index in [0.29, 0.717) is 15.9 Å². The van der Waals surface area contributed by atoms with Crippen molar-refractivity contribution in [1.82, 2.24) is 14.9 Å². The van der Waals surface area contributed by atoms with E-state index in [1.807, 2.05) is 42.6 Å². The number of ether oxygens (including phenoxy) is 1. The largest absolute Gasteiger partial charge is 0.495 e. The Hall–Kier alpha value is -3.35. The first kappa shape index (κ1) is 24.3. The number of hydrogen-bond acceptors (Lipinski definition) is 3. The van der Waals surface area contributed by atoms with Crippen LogP contribution < -0.4 is 15.0 Å². The highest BCUT2D eigenvalue weighted by atomic mass is 35.5. The molecule has 7 heteroatoms. The first-order valence-electron chi connectivity index (χ1n) is 12.0. The predicted octanol–water partition coefficient (Wildman–Crippen LogP) is 6.89. The fourth-order valence-electron chi connectivity index (χ4n) is 5.12. The molecule has 2 aromatic carbocycles. The maximum absolute atomic E-state index is 6.54. The van der Waals surface area contributed by atoms with Crippen LogP contribution in [0, 0.1) is 13.8 Å². The lowest BCUT2D eigenvalue weighted by Gasteiger charge is -2.28. The fraction of sp³-hybridized carbons (Fsp3) is 0.241. The minimum absolute atomic E-state index is 0.119. The summed E-state index contributed by atoms with van der Waals surface area (Å²) in [6.45, 7) is 6.49. The van der Waals surface area contributed by atoms with Gasteiger partial charge in [-0.05, 0) is 92.1 Å². The van der Waals surface area contributed by atoms with Crippen LogP contribution in [0.3, 0.4) is 0 Å². The Morgan fingerprint density at radius 3 is 2.42 bits per heavy atom. The SMILES string of the molecule is CCc1ccc(-n2c(C)cc([C@@H]3[C@@H](c4ccccn4)NC(=S)N3c3ccc(OC)c(Cl)c3)c2C)cc1. The predicted molar refractivity (Wildman–Crippen MR) is 151 cm³/mol. The molecule has 0 unspecified atom stereocenters. The molecule has 0 aliphatic carbocycles. The van der Waals surface area contributed by atoms with E-state index < -0.39 is 0 Å². The van der Waals surface area contributed by atoms with Crippen LogP contribution in [0.2, 0.25) is 5.02 Å². The summed E-state index contributed by atoms with van der Waals surface area (Å²) in [5.74, 6) is 0.630. The summed E-state index contributed by atoms with van der Waals surface area (Å²) < 4.78 is 7.69. The van der Waals surface area contributed by atoms with Crippen molar-refractivity contribution in [2.24, 2.45) is 0 Å². The number of thiocarbonyl (C=S) groups is 1. The summed E-state index contributed by atoms with van der Waals surface area (Å²) in [6, 6.07) is 22.6. The Morgan fingerprint density at radius 1 is 1.03 bits per heavy atom. The Bertz CT molecular complexity index is 1400. The number of aromatic nitrogens is 2. The van der Waals surface area contributed by atoms with E-state index in [0.717, 1.165) is 29.2 Å². The Kier molecular flexibility index (Phi) is 6.73. The number of anilines is 1. The van der Waals surface area contributed by atoms with Gasteiger partial charge in [-0.1, -0.05) is 36.7 Å². The van der Waals surface area contributed by atoms with Gasteiger partial charge in [0.05, 0.1) is 29.9 Å². The molecule has 1 aliphatic heterocycles. The van der Waals surface area contributed by atoms with Crippen LogP contribution in [0.15, 0.2) is 72.9 Å². The van der Waals surface area contributed by atoms with Crippen molar-refractivity contribution in [3.05, 3.63) is 106 Å². The summed E-state index contributed by atoms with van der Waals surface area (Å²) in [4.78, 5) is 6.82. The fourth-order valence-corrected chi connectivity index (χ4v) is 5.72. The maximum atomic E-state index is 6.54. The number of hydrogen-bond donors (Lipinski definition) is 1. The topological polar surface area (TPSA) is 42.3 Å². The minimum atomic E-state index is -0.129. The Labute approximate surface area is 222 Å². The molecule has 5 rings (SSSR count). The highest BCUT2D eigenvalue weighted by Gasteiger charge is 2.42. The standard InChI is InChI=1S/C29H29ClN4OS/c1-5-20-9-11-21(12-10-20)33-18(2)16-23(19(33)3)28-27(25-8-6-7-15-31-25)32-29(36)34(28)22-13-14-26(35-4)24(30)17-22/h6-17,27-28H,5H2,1-4H3,(H,32,36)/t27-,28-/m1/s1. The van der Waals surface area contributed by atoms with E-state index >= 15 is 0 Å². The van der Waals surface area contributed by atoms with Gasteiger partial charge in [-0.15, -0.1) is 0 Å². The van der Waals surface area contributed by atoms with E-state index in [4.69, 9.17) is 28.6 Å². The van der Waals surface area contributed by atoms with E-state index in [2.05, 4.69) is 70.9 Å². The molecule has 0 saturated carbocycles. The Morgan fingerprint density at radius 2 is 1.78 bits per heavy atom. The number of methoxy groups -OCH3 is 1. The van der Waals surface area contributed by atoms with Gasteiger partial charge in [0.2, 0.25) is 0 Å². The number of nitrogens with zero attached hydrogens (tertiary/aromatic N) is 3. The van der Waals surface area contributed by atoms with Crippen molar-refractivity contribution in [1.29, 1.82) is 0 Å². The van der Waals surface area contributed by atoms with E-state index in [1.54, 1.807) is 7.11 Å². The second-order valence-corrected chi connectivity index (χ2v) is 9.79. The number of nitrogens with one attached hydrogen (secondary N) is 1. The van der Waals surface area contributed by atoms with Crippen LogP contribution in [0.5, 0.6) is 5.75 Å². The second-order valence-electron chi connectivity index (χ2n) is 9.00. The summed E-state index contributed by atoms with van der Waals surface area (Å²) >= 11 is 12.4. The van der Waals surface area contributed by atoms with Gasteiger partial charge in [0.25, 0.3) is 0 Å². The molecule has 1 aliphatic rings. The third kappa shape index (κ3) is 4.25. The average molecular weight is 517 g/mol. The summed E-state index contributed by atoms with van der Waals surface area (Å²) in [5, 5.41) is 4.71. The average Bonchev–Trinajstić information content (AvgIpc) is 3.39. The normalized spacial score (nSPS) is 17.4. The Balaban J connectivity index is 1.66. The highest BCUT2D eigenvalue weighted by Crippen LogP contribution is 2.44. The van der Waals surface area contributed by atoms with Crippen LogP contribution in [-0.4, -0.2) is 21.8 Å². The van der Waals surface area contributed by atoms with Gasteiger partial charge in [-0.25, -0.2) is 0 Å². The molecule has 4 aromatic rings. The maximum Gasteiger partial charge on any atom is 0.174 e. The summed E-state index contributed by atoms with van der Waals surface area (Å²) in [7, 11) is 1.62. The monoisotopic (exact) mass is 516 g/mol. The van der Waals surface area contributed by atoms with Crippen LogP contribution in [0.4, 0.5) is 5.69 Å². The van der Waals surface area contributed by atoms with Crippen molar-refractivity contribution in [3.8, 4) is 11.4 Å². The van der Waals surface area contributed by atoms with E-state index in [1.165, 1.54) is 16.8 Å². The van der Waals surface area contributed by atoms with Gasteiger partial charge in [-0.2, -0.15) is 0 Å². The molecule has 1 N–H and O–H groups in total.